The maximum Gasteiger partial charge on any atom is 0.358 e. The number of hydrogen-bond acceptors (Lipinski definition) is 29. The Morgan fingerprint density at radius 1 is 0.839 bits per heavy atom. The van der Waals surface area contributed by atoms with Crippen molar-refractivity contribution in [3.63, 3.8) is 0 Å². The van der Waals surface area contributed by atoms with Crippen LogP contribution in [0.3, 0.4) is 0 Å². The second-order valence-corrected chi connectivity index (χ2v) is 26.7. The molecule has 8 aromatic rings. The number of esters is 2. The van der Waals surface area contributed by atoms with Gasteiger partial charge in [-0.1, -0.05) is 12.1 Å². The van der Waals surface area contributed by atoms with E-state index in [9.17, 15) is 44.5 Å². The first-order chi connectivity index (χ1) is 44.4. The first-order valence-electron chi connectivity index (χ1n) is 28.4. The van der Waals surface area contributed by atoms with E-state index in [1.807, 2.05) is 0 Å². The molecule has 35 heteroatoms. The van der Waals surface area contributed by atoms with Crippen molar-refractivity contribution in [1.82, 2.24) is 60.8 Å². The first kappa shape index (κ1) is 64.4. The number of pyridine rings is 1. The molecular formula is C58H57N13O17S5. The third-order valence-electron chi connectivity index (χ3n) is 15.8. The molecule has 0 saturated carbocycles. The molecule has 1 fully saturated rings. The number of benzene rings is 1. The number of carbonyl (C=O) groups is 7. The summed E-state index contributed by atoms with van der Waals surface area (Å²) in [7, 11) is 4.86. The summed E-state index contributed by atoms with van der Waals surface area (Å²) >= 11 is 4.62. The Balaban J connectivity index is 1.05. The molecule has 7 aromatic heterocycles. The van der Waals surface area contributed by atoms with Crippen LogP contribution in [0, 0.1) is 0 Å². The Morgan fingerprint density at radius 3 is 2.22 bits per heavy atom. The van der Waals surface area contributed by atoms with E-state index in [1.54, 1.807) is 50.4 Å². The van der Waals surface area contributed by atoms with E-state index in [0.717, 1.165) is 56.7 Å². The number of aliphatic hydroxyl groups excluding tert-OH is 1. The number of fused-ring (bicyclic) bond motifs is 15. The van der Waals surface area contributed by atoms with Crippen LogP contribution in [0.4, 0.5) is 0 Å². The van der Waals surface area contributed by atoms with Gasteiger partial charge in [-0.2, -0.15) is 4.73 Å². The second kappa shape index (κ2) is 25.6. The molecule has 10 atom stereocenters. The molecular weight excluding hydrogens is 1310 g/mol. The SMILES string of the molecule is CO/C(C)=C1/NC(=O)[C@H]([C@@H](C)O)NC(=O)c2csc(n2)-c2cc(O)c(-c3nc(C(N)=O)cs3)nc2-c2csc(n2)[C@@H]2COC(=O)c3c4c5c(cccc5n3O)COC(=O)[C@@H](O[C@H]3C[C@](C)(O)[C@H](N(C)C)[C@H](C)O3)[C@@H](OC4)[C@H](NC(=O)c3csc1n3)c1nc(cs1)C(=O)N2. The third-order valence-corrected chi connectivity index (χ3v) is 20.2. The number of likely N-dealkylation sites (N-methyl/N-ethyl adjacent to an activating group) is 1. The molecule has 0 unspecified atom stereocenters. The molecule has 12 bridgehead atoms. The average molecular weight is 1370 g/mol. The van der Waals surface area contributed by atoms with Crippen LogP contribution < -0.4 is 27.0 Å². The topological polar surface area (TPSA) is 415 Å². The number of aromatic hydroxyl groups is 1. The Kier molecular flexibility index (Phi) is 17.7. The molecule has 5 amide bonds. The van der Waals surface area contributed by atoms with Crippen LogP contribution in [0.5, 0.6) is 5.75 Å². The van der Waals surface area contributed by atoms with Gasteiger partial charge in [0.25, 0.3) is 23.6 Å². The number of primary amides is 1. The predicted octanol–water partition coefficient (Wildman–Crippen LogP) is 4.26. The van der Waals surface area contributed by atoms with E-state index in [1.165, 1.54) is 54.6 Å². The monoisotopic (exact) mass is 1370 g/mol. The maximum absolute atomic E-state index is 15.1. The second-order valence-electron chi connectivity index (χ2n) is 22.4. The van der Waals surface area contributed by atoms with Gasteiger partial charge in [-0.05, 0) is 59.5 Å². The molecule has 11 heterocycles. The van der Waals surface area contributed by atoms with Crippen LogP contribution >= 0.6 is 56.7 Å². The fourth-order valence-corrected chi connectivity index (χ4v) is 15.7. The van der Waals surface area contributed by atoms with E-state index in [4.69, 9.17) is 49.1 Å². The van der Waals surface area contributed by atoms with Gasteiger partial charge in [0.2, 0.25) is 5.91 Å². The minimum absolute atomic E-state index is 0.00497. The largest absolute Gasteiger partial charge is 0.506 e. The third kappa shape index (κ3) is 12.4. The van der Waals surface area contributed by atoms with Crippen molar-refractivity contribution in [2.24, 2.45) is 5.73 Å². The number of rotatable bonds is 7. The molecule has 0 spiro atoms. The summed E-state index contributed by atoms with van der Waals surface area (Å²) in [6.45, 7) is 4.33. The van der Waals surface area contributed by atoms with E-state index in [2.05, 4.69) is 36.2 Å². The summed E-state index contributed by atoms with van der Waals surface area (Å²) in [4.78, 5) is 130. The number of nitrogens with one attached hydrogen (secondary N) is 4. The van der Waals surface area contributed by atoms with Crippen molar-refractivity contribution in [2.75, 3.05) is 27.8 Å². The van der Waals surface area contributed by atoms with Gasteiger partial charge in [0, 0.05) is 49.8 Å². The highest BCUT2D eigenvalue weighted by Crippen LogP contribution is 2.43. The van der Waals surface area contributed by atoms with Crippen LogP contribution in [0.1, 0.15) is 125 Å². The molecule has 486 valence electrons. The van der Waals surface area contributed by atoms with Gasteiger partial charge < -0.3 is 80.8 Å². The summed E-state index contributed by atoms with van der Waals surface area (Å²) < 4.78 is 38.2. The van der Waals surface area contributed by atoms with Gasteiger partial charge in [0.05, 0.1) is 43.1 Å². The minimum atomic E-state index is -1.90. The number of aliphatic hydroxyl groups is 2. The lowest BCUT2D eigenvalue weighted by Crippen LogP contribution is -2.62. The number of hydrogen-bond donors (Lipinski definition) is 9. The number of allylic oxidation sites excluding steroid dienone is 1. The fourth-order valence-electron chi connectivity index (χ4n) is 11.5. The van der Waals surface area contributed by atoms with Crippen LogP contribution in [0.25, 0.3) is 49.3 Å². The average Bonchev–Trinajstić information content (AvgIpc) is 1.63. The Hall–Kier alpha value is -8.75. The molecule has 12 rings (SSSR count). The highest BCUT2D eigenvalue weighted by Gasteiger charge is 2.50. The molecule has 93 heavy (non-hydrogen) atoms. The standard InChI is InChI=1S/C58H57N13O17S5/c1-21(72)37-50(78)68-38(22(2)83-7)53-64-32(20-92-53)49(77)69-41-43-44(88-35-12-58(4,81)45(70(5)6)23(3)87-35)57(80)85-13-24-9-8-10-33-36(24)26(14-84-43)42(71(33)82)56(79)86-15-27(60-47(75)30-19-93-55(41)65-30)52-61-28(16-90-52)39-25(51-63-31(18-89-51)48(76)67-37)11-34(73)40(66-39)54-62-29(17-91-54)46(59)74/h8-11,16-21,23,27,35,37,41,43-45,72-73,81-82H,12-15H2,1-7H3,(H2,59,74)(H,60,75)(H,67,76)(H,68,78)(H,69,77)/b38-22+/t21-,23+,27+,35+,37+,41+,43+,44+,45-,58+/m1/s1. The van der Waals surface area contributed by atoms with E-state index < -0.39 is 133 Å². The van der Waals surface area contributed by atoms with Crippen molar-refractivity contribution >= 4 is 115 Å². The van der Waals surface area contributed by atoms with Crippen LogP contribution in [0.15, 0.2) is 56.9 Å². The number of thiazole rings is 5. The van der Waals surface area contributed by atoms with Gasteiger partial charge in [-0.15, -0.1) is 56.7 Å². The minimum Gasteiger partial charge on any atom is -0.506 e. The van der Waals surface area contributed by atoms with Crippen molar-refractivity contribution in [1.29, 1.82) is 0 Å². The zero-order valence-electron chi connectivity index (χ0n) is 50.0. The normalized spacial score (nSPS) is 24.8. The molecule has 30 nitrogen and oxygen atoms in total. The summed E-state index contributed by atoms with van der Waals surface area (Å²) in [5, 5.41) is 65.2. The highest BCUT2D eigenvalue weighted by atomic mass is 32.1. The predicted molar refractivity (Wildman–Crippen MR) is 333 cm³/mol. The van der Waals surface area contributed by atoms with Crippen molar-refractivity contribution in [3.05, 3.63) is 112 Å². The maximum atomic E-state index is 15.1. The number of nitrogens with zero attached hydrogens (tertiary/aromatic N) is 8. The molecule has 1 aromatic carbocycles. The number of amides is 5. The highest BCUT2D eigenvalue weighted by molar-refractivity contribution is 7.14. The summed E-state index contributed by atoms with van der Waals surface area (Å²) in [5.74, 6) is -7.07. The summed E-state index contributed by atoms with van der Waals surface area (Å²) in [6.07, 6.45) is -7.46. The van der Waals surface area contributed by atoms with Crippen molar-refractivity contribution < 1.29 is 82.5 Å². The number of aromatic nitrogens is 7. The van der Waals surface area contributed by atoms with Gasteiger partial charge in [-0.3, -0.25) is 24.0 Å². The van der Waals surface area contributed by atoms with E-state index >= 15 is 9.59 Å². The molecule has 1 saturated heterocycles. The molecule has 4 aliphatic rings. The zero-order chi connectivity index (χ0) is 66.1. The van der Waals surface area contributed by atoms with Crippen LogP contribution in [-0.4, -0.2) is 178 Å². The first-order valence-corrected chi connectivity index (χ1v) is 32.8. The van der Waals surface area contributed by atoms with Gasteiger partial charge in [0.15, 0.2) is 18.1 Å². The lowest BCUT2D eigenvalue weighted by atomic mass is 9.85. The van der Waals surface area contributed by atoms with Crippen molar-refractivity contribution in [3.8, 4) is 38.4 Å². The number of carbonyl (C=O) groups excluding carboxylic acids is 7. The zero-order valence-corrected chi connectivity index (χ0v) is 54.1. The van der Waals surface area contributed by atoms with Gasteiger partial charge in [0.1, 0.15) is 120 Å². The van der Waals surface area contributed by atoms with E-state index in [0.29, 0.717) is 10.3 Å². The smallest absolute Gasteiger partial charge is 0.358 e. The van der Waals surface area contributed by atoms with Gasteiger partial charge in [-0.25, -0.2) is 39.5 Å². The number of nitrogens with two attached hydrogens (primary N) is 1. The Morgan fingerprint density at radius 2 is 1.51 bits per heavy atom. The van der Waals surface area contributed by atoms with Crippen LogP contribution in [-0.2, 0) is 51.2 Å². The molecule has 4 aliphatic heterocycles. The number of cyclic esters (lactones) is 2. The lowest BCUT2D eigenvalue weighted by Gasteiger charge is -2.48. The molecule has 10 N–H and O–H groups in total. The number of ether oxygens (including phenoxy) is 6. The lowest BCUT2D eigenvalue weighted by molar-refractivity contribution is -0.280. The quantitative estimate of drug-likeness (QED) is 0.0611. The van der Waals surface area contributed by atoms with Crippen molar-refractivity contribution in [2.45, 2.75) is 108 Å². The Bertz CT molecular complexity index is 4360. The van der Waals surface area contributed by atoms with Gasteiger partial charge >= 0.3 is 11.9 Å². The Labute approximate surface area is 546 Å². The number of methoxy groups -OCH3 is 1. The molecule has 0 radical (unpaired) electrons. The summed E-state index contributed by atoms with van der Waals surface area (Å²) in [5.41, 5.74) is 3.15. The van der Waals surface area contributed by atoms with E-state index in [-0.39, 0.29) is 105 Å². The van der Waals surface area contributed by atoms with Crippen LogP contribution in [0.2, 0.25) is 0 Å². The fraction of sp³-hybridized carbons (Fsp3) is 0.362. The summed E-state index contributed by atoms with van der Waals surface area (Å²) in [6, 6.07) is 0.794. The molecule has 0 aliphatic carbocycles.